The molecule has 0 aliphatic heterocycles. The average molecular weight is 226 g/mol. The highest BCUT2D eigenvalue weighted by Gasteiger charge is 2.45. The van der Waals surface area contributed by atoms with Crippen LogP contribution in [0.1, 0.15) is 65.2 Å². The topological polar surface area (TPSA) is 26.3 Å². The molecule has 94 valence electrons. The monoisotopic (exact) mass is 226 g/mol. The van der Waals surface area contributed by atoms with Crippen LogP contribution in [0.15, 0.2) is 0 Å². The first kappa shape index (κ1) is 13.7. The summed E-state index contributed by atoms with van der Waals surface area (Å²) in [6, 6.07) is 0. The lowest BCUT2D eigenvalue weighted by Crippen LogP contribution is -2.43. The standard InChI is InChI=1S/C14H26O2/c1-4-5-6-7-10-13(15)14(16-3)11-8-9-12(14)2/h12H,4-11H2,1-3H3. The third kappa shape index (κ3) is 2.85. The molecular formula is C14H26O2. The third-order valence-corrected chi connectivity index (χ3v) is 4.07. The van der Waals surface area contributed by atoms with Crippen LogP contribution in [0.25, 0.3) is 0 Å². The van der Waals surface area contributed by atoms with Crippen LogP contribution in [0.4, 0.5) is 0 Å². The van der Waals surface area contributed by atoms with Crippen LogP contribution < -0.4 is 0 Å². The SMILES string of the molecule is CCCCCCC(=O)C1(OC)CCCC1C. The van der Waals surface area contributed by atoms with Gasteiger partial charge in [0.2, 0.25) is 0 Å². The molecule has 0 heterocycles. The number of rotatable bonds is 7. The number of hydrogen-bond donors (Lipinski definition) is 0. The normalized spacial score (nSPS) is 29.6. The van der Waals surface area contributed by atoms with E-state index < -0.39 is 5.60 Å². The fourth-order valence-corrected chi connectivity index (χ4v) is 2.91. The predicted octanol–water partition coefficient (Wildman–Crippen LogP) is 3.73. The molecule has 16 heavy (non-hydrogen) atoms. The van der Waals surface area contributed by atoms with Gasteiger partial charge in [-0.1, -0.05) is 33.1 Å². The summed E-state index contributed by atoms with van der Waals surface area (Å²) in [4.78, 5) is 12.2. The lowest BCUT2D eigenvalue weighted by atomic mass is 9.85. The summed E-state index contributed by atoms with van der Waals surface area (Å²) in [6.45, 7) is 4.35. The second-order valence-electron chi connectivity index (χ2n) is 5.12. The largest absolute Gasteiger partial charge is 0.370 e. The van der Waals surface area contributed by atoms with Gasteiger partial charge in [-0.05, 0) is 31.6 Å². The van der Waals surface area contributed by atoms with Crippen molar-refractivity contribution in [3.63, 3.8) is 0 Å². The van der Waals surface area contributed by atoms with Gasteiger partial charge in [-0.15, -0.1) is 0 Å². The lowest BCUT2D eigenvalue weighted by molar-refractivity contribution is -0.145. The molecule has 1 rings (SSSR count). The smallest absolute Gasteiger partial charge is 0.164 e. The maximum atomic E-state index is 12.2. The van der Waals surface area contributed by atoms with Gasteiger partial charge in [0, 0.05) is 13.5 Å². The van der Waals surface area contributed by atoms with E-state index in [2.05, 4.69) is 13.8 Å². The number of ketones is 1. The molecule has 2 nitrogen and oxygen atoms in total. The molecule has 0 saturated heterocycles. The van der Waals surface area contributed by atoms with E-state index in [9.17, 15) is 4.79 Å². The molecule has 0 bridgehead atoms. The first-order valence-electron chi connectivity index (χ1n) is 6.75. The van der Waals surface area contributed by atoms with Crippen LogP contribution in [-0.2, 0) is 9.53 Å². The van der Waals surface area contributed by atoms with E-state index in [0.29, 0.717) is 18.1 Å². The summed E-state index contributed by atoms with van der Waals surface area (Å²) in [5.41, 5.74) is -0.438. The lowest BCUT2D eigenvalue weighted by Gasteiger charge is -2.30. The molecule has 1 saturated carbocycles. The van der Waals surface area contributed by atoms with E-state index >= 15 is 0 Å². The van der Waals surface area contributed by atoms with Crippen molar-refractivity contribution in [2.45, 2.75) is 70.8 Å². The van der Waals surface area contributed by atoms with E-state index in [-0.39, 0.29) is 0 Å². The molecule has 2 heteroatoms. The van der Waals surface area contributed by atoms with Gasteiger partial charge in [-0.3, -0.25) is 4.79 Å². The summed E-state index contributed by atoms with van der Waals surface area (Å²) >= 11 is 0. The molecule has 0 amide bonds. The number of carbonyl (C=O) groups is 1. The number of methoxy groups -OCH3 is 1. The van der Waals surface area contributed by atoms with Gasteiger partial charge in [0.1, 0.15) is 5.60 Å². The Labute approximate surface area is 99.8 Å². The number of unbranched alkanes of at least 4 members (excludes halogenated alkanes) is 3. The van der Waals surface area contributed by atoms with Crippen LogP contribution >= 0.6 is 0 Å². The molecule has 0 aromatic heterocycles. The van der Waals surface area contributed by atoms with Crippen LogP contribution in [-0.4, -0.2) is 18.5 Å². The third-order valence-electron chi connectivity index (χ3n) is 4.07. The minimum atomic E-state index is -0.438. The Morgan fingerprint density at radius 3 is 2.62 bits per heavy atom. The molecule has 2 unspecified atom stereocenters. The Bertz CT molecular complexity index is 225. The maximum absolute atomic E-state index is 12.2. The zero-order chi connectivity index (χ0) is 12.0. The van der Waals surface area contributed by atoms with Crippen molar-refractivity contribution in [1.82, 2.24) is 0 Å². The highest BCUT2D eigenvalue weighted by atomic mass is 16.5. The number of ether oxygens (including phenoxy) is 1. The maximum Gasteiger partial charge on any atom is 0.164 e. The summed E-state index contributed by atoms with van der Waals surface area (Å²) in [6.07, 6.45) is 8.57. The van der Waals surface area contributed by atoms with Crippen LogP contribution in [0, 0.1) is 5.92 Å². The molecule has 1 aliphatic carbocycles. The molecular weight excluding hydrogens is 200 g/mol. The highest BCUT2D eigenvalue weighted by Crippen LogP contribution is 2.39. The zero-order valence-corrected chi connectivity index (χ0v) is 11.1. The average Bonchev–Trinajstić information content (AvgIpc) is 2.67. The highest BCUT2D eigenvalue weighted by molar-refractivity contribution is 5.88. The summed E-state index contributed by atoms with van der Waals surface area (Å²) in [5.74, 6) is 0.743. The fraction of sp³-hybridized carbons (Fsp3) is 0.929. The van der Waals surface area contributed by atoms with Gasteiger partial charge in [-0.2, -0.15) is 0 Å². The Hall–Kier alpha value is -0.370. The van der Waals surface area contributed by atoms with E-state index in [0.717, 1.165) is 25.7 Å². The summed E-state index contributed by atoms with van der Waals surface area (Å²) < 4.78 is 5.58. The second-order valence-corrected chi connectivity index (χ2v) is 5.12. The summed E-state index contributed by atoms with van der Waals surface area (Å²) in [7, 11) is 1.70. The Morgan fingerprint density at radius 2 is 2.12 bits per heavy atom. The molecule has 0 aromatic carbocycles. The van der Waals surface area contributed by atoms with Gasteiger partial charge in [0.15, 0.2) is 5.78 Å². The van der Waals surface area contributed by atoms with Gasteiger partial charge >= 0.3 is 0 Å². The minimum absolute atomic E-state index is 0.344. The molecule has 0 radical (unpaired) electrons. The Balaban J connectivity index is 2.44. The van der Waals surface area contributed by atoms with Crippen molar-refractivity contribution in [1.29, 1.82) is 0 Å². The fourth-order valence-electron chi connectivity index (χ4n) is 2.91. The van der Waals surface area contributed by atoms with E-state index in [1.165, 1.54) is 19.3 Å². The second kappa shape index (κ2) is 6.39. The Morgan fingerprint density at radius 1 is 1.38 bits per heavy atom. The van der Waals surface area contributed by atoms with Gasteiger partial charge in [0.05, 0.1) is 0 Å². The van der Waals surface area contributed by atoms with Gasteiger partial charge in [-0.25, -0.2) is 0 Å². The Kier molecular flexibility index (Phi) is 5.47. The summed E-state index contributed by atoms with van der Waals surface area (Å²) in [5, 5.41) is 0. The van der Waals surface area contributed by atoms with E-state index in [1.54, 1.807) is 7.11 Å². The van der Waals surface area contributed by atoms with Crippen LogP contribution in [0.5, 0.6) is 0 Å². The predicted molar refractivity (Wildman–Crippen MR) is 66.5 cm³/mol. The quantitative estimate of drug-likeness (QED) is 0.618. The minimum Gasteiger partial charge on any atom is -0.370 e. The van der Waals surface area contributed by atoms with Crippen LogP contribution in [0.2, 0.25) is 0 Å². The van der Waals surface area contributed by atoms with Crippen molar-refractivity contribution in [3.05, 3.63) is 0 Å². The van der Waals surface area contributed by atoms with Crippen molar-refractivity contribution in [2.24, 2.45) is 5.92 Å². The molecule has 1 aliphatic rings. The molecule has 0 N–H and O–H groups in total. The molecule has 0 spiro atoms. The van der Waals surface area contributed by atoms with Crippen molar-refractivity contribution >= 4 is 5.78 Å². The molecule has 2 atom stereocenters. The molecule has 1 fully saturated rings. The van der Waals surface area contributed by atoms with Gasteiger partial charge in [0.25, 0.3) is 0 Å². The van der Waals surface area contributed by atoms with E-state index in [1.807, 2.05) is 0 Å². The first-order valence-corrected chi connectivity index (χ1v) is 6.75. The van der Waals surface area contributed by atoms with E-state index in [4.69, 9.17) is 4.74 Å². The first-order chi connectivity index (χ1) is 7.67. The molecule has 0 aromatic rings. The number of carbonyl (C=O) groups excluding carboxylic acids is 1. The van der Waals surface area contributed by atoms with Crippen molar-refractivity contribution < 1.29 is 9.53 Å². The number of Topliss-reactive ketones (excluding diaryl/α,β-unsaturated/α-hetero) is 1. The zero-order valence-electron chi connectivity index (χ0n) is 11.1. The van der Waals surface area contributed by atoms with Crippen molar-refractivity contribution in [2.75, 3.05) is 7.11 Å². The van der Waals surface area contributed by atoms with Crippen molar-refractivity contribution in [3.8, 4) is 0 Å². The van der Waals surface area contributed by atoms with Crippen LogP contribution in [0.3, 0.4) is 0 Å². The van der Waals surface area contributed by atoms with Gasteiger partial charge < -0.3 is 4.74 Å². The number of hydrogen-bond acceptors (Lipinski definition) is 2.